The number of benzene rings is 2. The zero-order valence-electron chi connectivity index (χ0n) is 15.5. The van der Waals surface area contributed by atoms with Gasteiger partial charge in [-0.1, -0.05) is 42.5 Å². The van der Waals surface area contributed by atoms with Gasteiger partial charge in [-0.3, -0.25) is 4.79 Å². The van der Waals surface area contributed by atoms with Gasteiger partial charge in [0.1, 0.15) is 11.6 Å². The fourth-order valence-corrected chi connectivity index (χ4v) is 2.74. The van der Waals surface area contributed by atoms with Gasteiger partial charge in [0.05, 0.1) is 12.3 Å². The number of nitrogens with zero attached hydrogens (tertiary/aromatic N) is 1. The van der Waals surface area contributed by atoms with Gasteiger partial charge in [-0.05, 0) is 43.7 Å². The lowest BCUT2D eigenvalue weighted by atomic mass is 10.1. The van der Waals surface area contributed by atoms with Crippen LogP contribution < -0.4 is 15.4 Å². The number of carbonyl (C=O) groups is 1. The summed E-state index contributed by atoms with van der Waals surface area (Å²) in [4.78, 5) is 17.0. The van der Waals surface area contributed by atoms with Crippen molar-refractivity contribution in [1.29, 1.82) is 0 Å². The molecule has 3 rings (SSSR count). The van der Waals surface area contributed by atoms with Gasteiger partial charge in [-0.15, -0.1) is 0 Å². The van der Waals surface area contributed by atoms with Crippen molar-refractivity contribution < 1.29 is 9.53 Å². The van der Waals surface area contributed by atoms with Gasteiger partial charge >= 0.3 is 0 Å². The first-order chi connectivity index (χ1) is 13.2. The Kier molecular flexibility index (Phi) is 6.05. The summed E-state index contributed by atoms with van der Waals surface area (Å²) in [5, 5.41) is 6.24. The number of amides is 1. The monoisotopic (exact) mass is 361 g/mol. The summed E-state index contributed by atoms with van der Waals surface area (Å²) in [6, 6.07) is 21.0. The minimum Gasteiger partial charge on any atom is -0.492 e. The van der Waals surface area contributed by atoms with E-state index in [9.17, 15) is 4.79 Å². The Hall–Kier alpha value is -3.34. The average molecular weight is 361 g/mol. The summed E-state index contributed by atoms with van der Waals surface area (Å²) in [5.41, 5.74) is 2.33. The third kappa shape index (κ3) is 4.85. The molecule has 0 saturated heterocycles. The van der Waals surface area contributed by atoms with Crippen molar-refractivity contribution in [3.05, 3.63) is 84.1 Å². The van der Waals surface area contributed by atoms with E-state index >= 15 is 0 Å². The lowest BCUT2D eigenvalue weighted by molar-refractivity contribution is 0.102. The number of ether oxygens (including phenoxy) is 1. The zero-order valence-corrected chi connectivity index (χ0v) is 15.5. The van der Waals surface area contributed by atoms with Crippen LogP contribution in [0.3, 0.4) is 0 Å². The van der Waals surface area contributed by atoms with Crippen molar-refractivity contribution in [2.45, 2.75) is 19.9 Å². The molecule has 0 radical (unpaired) electrons. The number of nitrogens with one attached hydrogen (secondary N) is 2. The first-order valence-corrected chi connectivity index (χ1v) is 8.98. The van der Waals surface area contributed by atoms with E-state index < -0.39 is 0 Å². The molecule has 138 valence electrons. The van der Waals surface area contributed by atoms with Gasteiger partial charge in [0, 0.05) is 17.8 Å². The summed E-state index contributed by atoms with van der Waals surface area (Å²) in [6.45, 7) is 4.50. The minimum absolute atomic E-state index is 0.0793. The second-order valence-corrected chi connectivity index (χ2v) is 6.09. The quantitative estimate of drug-likeness (QED) is 0.628. The van der Waals surface area contributed by atoms with Gasteiger partial charge in [-0.2, -0.15) is 0 Å². The second kappa shape index (κ2) is 8.85. The third-order valence-electron chi connectivity index (χ3n) is 4.12. The molecule has 27 heavy (non-hydrogen) atoms. The van der Waals surface area contributed by atoms with Crippen LogP contribution in [0.4, 0.5) is 11.5 Å². The molecule has 5 heteroatoms. The molecule has 0 fully saturated rings. The van der Waals surface area contributed by atoms with Crippen molar-refractivity contribution in [3.63, 3.8) is 0 Å². The molecular formula is C22H23N3O2. The molecule has 0 saturated carbocycles. The number of pyridine rings is 1. The SMILES string of the molecule is CCOc1ccccc1NC(=O)c1ccnc(NC(C)c2ccccc2)c1. The minimum atomic E-state index is -0.208. The van der Waals surface area contributed by atoms with Gasteiger partial charge in [-0.25, -0.2) is 4.98 Å². The average Bonchev–Trinajstić information content (AvgIpc) is 2.70. The number of para-hydroxylation sites is 2. The van der Waals surface area contributed by atoms with Crippen molar-refractivity contribution in [2.24, 2.45) is 0 Å². The standard InChI is InChI=1S/C22H23N3O2/c1-3-27-20-12-8-7-11-19(20)25-22(26)18-13-14-23-21(15-18)24-16(2)17-9-5-4-6-10-17/h4-16H,3H2,1-2H3,(H,23,24)(H,25,26). The maximum absolute atomic E-state index is 12.7. The highest BCUT2D eigenvalue weighted by Crippen LogP contribution is 2.25. The maximum Gasteiger partial charge on any atom is 0.255 e. The summed E-state index contributed by atoms with van der Waals surface area (Å²) in [7, 11) is 0. The Morgan fingerprint density at radius 1 is 1.07 bits per heavy atom. The molecular weight excluding hydrogens is 338 g/mol. The molecule has 0 spiro atoms. The molecule has 1 atom stereocenters. The predicted molar refractivity (Wildman–Crippen MR) is 108 cm³/mol. The van der Waals surface area contributed by atoms with Crippen LogP contribution in [0, 0.1) is 0 Å². The van der Waals surface area contributed by atoms with E-state index in [4.69, 9.17) is 4.74 Å². The van der Waals surface area contributed by atoms with E-state index in [1.165, 1.54) is 0 Å². The van der Waals surface area contributed by atoms with Crippen LogP contribution >= 0.6 is 0 Å². The van der Waals surface area contributed by atoms with Crippen molar-refractivity contribution in [3.8, 4) is 5.75 Å². The van der Waals surface area contributed by atoms with E-state index in [1.807, 2.05) is 49.4 Å². The zero-order chi connectivity index (χ0) is 19.1. The molecule has 2 N–H and O–H groups in total. The predicted octanol–water partition coefficient (Wildman–Crippen LogP) is 4.91. The Bertz CT molecular complexity index is 897. The highest BCUT2D eigenvalue weighted by molar-refractivity contribution is 6.05. The first kappa shape index (κ1) is 18.5. The van der Waals surface area contributed by atoms with E-state index in [-0.39, 0.29) is 11.9 Å². The maximum atomic E-state index is 12.7. The first-order valence-electron chi connectivity index (χ1n) is 8.98. The van der Waals surface area contributed by atoms with Crippen molar-refractivity contribution in [2.75, 3.05) is 17.2 Å². The lowest BCUT2D eigenvalue weighted by Crippen LogP contribution is -2.14. The number of rotatable bonds is 7. The van der Waals surface area contributed by atoms with E-state index in [0.717, 1.165) is 5.56 Å². The Balaban J connectivity index is 1.72. The largest absolute Gasteiger partial charge is 0.492 e. The van der Waals surface area contributed by atoms with Crippen LogP contribution in [-0.4, -0.2) is 17.5 Å². The lowest BCUT2D eigenvalue weighted by Gasteiger charge is -2.15. The fourth-order valence-electron chi connectivity index (χ4n) is 2.74. The molecule has 2 aromatic carbocycles. The smallest absolute Gasteiger partial charge is 0.255 e. The number of hydrogen-bond donors (Lipinski definition) is 2. The summed E-state index contributed by atoms with van der Waals surface area (Å²) >= 11 is 0. The third-order valence-corrected chi connectivity index (χ3v) is 4.12. The number of aromatic nitrogens is 1. The number of anilines is 2. The highest BCUT2D eigenvalue weighted by Gasteiger charge is 2.12. The van der Waals surface area contributed by atoms with Crippen LogP contribution in [0.2, 0.25) is 0 Å². The fraction of sp³-hybridized carbons (Fsp3) is 0.182. The molecule has 3 aromatic rings. The molecule has 1 heterocycles. The topological polar surface area (TPSA) is 63.2 Å². The Labute approximate surface area is 159 Å². The molecule has 1 amide bonds. The van der Waals surface area contributed by atoms with Gasteiger partial charge < -0.3 is 15.4 Å². The molecule has 0 aliphatic rings. The van der Waals surface area contributed by atoms with Crippen molar-refractivity contribution >= 4 is 17.4 Å². The molecule has 0 aliphatic carbocycles. The summed E-state index contributed by atoms with van der Waals surface area (Å²) in [6.07, 6.45) is 1.63. The van der Waals surface area contributed by atoms with Gasteiger partial charge in [0.2, 0.25) is 0 Å². The van der Waals surface area contributed by atoms with Crippen LogP contribution in [0.1, 0.15) is 35.8 Å². The van der Waals surface area contributed by atoms with E-state index in [2.05, 4.69) is 34.7 Å². The normalized spacial score (nSPS) is 11.5. The molecule has 0 aliphatic heterocycles. The summed E-state index contributed by atoms with van der Waals surface area (Å²) < 4.78 is 5.56. The van der Waals surface area contributed by atoms with E-state index in [1.54, 1.807) is 18.3 Å². The second-order valence-electron chi connectivity index (χ2n) is 6.09. The van der Waals surface area contributed by atoms with Crippen LogP contribution in [0.15, 0.2) is 72.9 Å². The molecule has 5 nitrogen and oxygen atoms in total. The Morgan fingerprint density at radius 2 is 1.81 bits per heavy atom. The van der Waals surface area contributed by atoms with Gasteiger partial charge in [0.25, 0.3) is 5.91 Å². The number of carbonyl (C=O) groups excluding carboxylic acids is 1. The van der Waals surface area contributed by atoms with Gasteiger partial charge in [0.15, 0.2) is 0 Å². The summed E-state index contributed by atoms with van der Waals surface area (Å²) in [5.74, 6) is 1.09. The van der Waals surface area contributed by atoms with E-state index in [0.29, 0.717) is 29.4 Å². The Morgan fingerprint density at radius 3 is 2.59 bits per heavy atom. The highest BCUT2D eigenvalue weighted by atomic mass is 16.5. The van der Waals surface area contributed by atoms with Crippen LogP contribution in [0.25, 0.3) is 0 Å². The molecule has 1 unspecified atom stereocenters. The van der Waals surface area contributed by atoms with Crippen molar-refractivity contribution in [1.82, 2.24) is 4.98 Å². The van der Waals surface area contributed by atoms with Crippen LogP contribution in [0.5, 0.6) is 5.75 Å². The van der Waals surface area contributed by atoms with Crippen LogP contribution in [-0.2, 0) is 0 Å². The number of hydrogen-bond acceptors (Lipinski definition) is 4. The molecule has 0 bridgehead atoms. The molecule has 1 aromatic heterocycles.